The maximum atomic E-state index is 4.88. The maximum Gasteiger partial charge on any atom is 0.109 e. The second-order valence-electron chi connectivity index (χ2n) is 6.25. The van der Waals surface area contributed by atoms with Crippen molar-refractivity contribution in [3.8, 4) is 0 Å². The van der Waals surface area contributed by atoms with Crippen molar-refractivity contribution in [1.82, 2.24) is 19.8 Å². The lowest BCUT2D eigenvalue weighted by Crippen LogP contribution is -2.25. The Kier molecular flexibility index (Phi) is 4.99. The standard InChI is InChI=1S/C15H28N4/c1-12(2)10-15-17-13-11-16-7-6-14(13)19(15)9-5-8-18(3)4/h12,16H,5-11H2,1-4H3. The third kappa shape index (κ3) is 3.80. The smallest absolute Gasteiger partial charge is 0.109 e. The molecule has 0 spiro atoms. The minimum atomic E-state index is 0.671. The highest BCUT2D eigenvalue weighted by Gasteiger charge is 2.19. The van der Waals surface area contributed by atoms with Crippen molar-refractivity contribution in [1.29, 1.82) is 0 Å². The first-order chi connectivity index (χ1) is 9.08. The molecule has 0 radical (unpaired) electrons. The van der Waals surface area contributed by atoms with E-state index in [2.05, 4.69) is 42.7 Å². The molecule has 0 saturated carbocycles. The van der Waals surface area contributed by atoms with Gasteiger partial charge >= 0.3 is 0 Å². The summed E-state index contributed by atoms with van der Waals surface area (Å²) < 4.78 is 2.50. The number of nitrogens with zero attached hydrogens (tertiary/aromatic N) is 3. The molecular formula is C15H28N4. The second-order valence-corrected chi connectivity index (χ2v) is 6.25. The lowest BCUT2D eigenvalue weighted by atomic mass is 10.1. The van der Waals surface area contributed by atoms with Crippen molar-refractivity contribution >= 4 is 0 Å². The van der Waals surface area contributed by atoms with E-state index >= 15 is 0 Å². The van der Waals surface area contributed by atoms with Crippen LogP contribution in [0.2, 0.25) is 0 Å². The third-order valence-electron chi connectivity index (χ3n) is 3.64. The number of rotatable bonds is 6. The molecule has 0 saturated heterocycles. The number of imidazole rings is 1. The normalized spacial score (nSPS) is 15.3. The van der Waals surface area contributed by atoms with Crippen molar-refractivity contribution in [2.45, 2.75) is 46.2 Å². The molecule has 0 fully saturated rings. The molecule has 1 aromatic rings. The van der Waals surface area contributed by atoms with Crippen LogP contribution in [0.5, 0.6) is 0 Å². The number of hydrogen-bond donors (Lipinski definition) is 1. The van der Waals surface area contributed by atoms with Gasteiger partial charge in [-0.2, -0.15) is 0 Å². The molecule has 0 unspecified atom stereocenters. The molecule has 0 bridgehead atoms. The van der Waals surface area contributed by atoms with Crippen LogP contribution in [0.15, 0.2) is 0 Å². The average molecular weight is 264 g/mol. The van der Waals surface area contributed by atoms with Crippen LogP contribution in [0.25, 0.3) is 0 Å². The summed E-state index contributed by atoms with van der Waals surface area (Å²) in [5.74, 6) is 1.96. The van der Waals surface area contributed by atoms with E-state index in [0.717, 1.165) is 39.0 Å². The lowest BCUT2D eigenvalue weighted by Gasteiger charge is -2.17. The molecule has 4 nitrogen and oxygen atoms in total. The molecule has 0 aliphatic carbocycles. The Labute approximate surface area is 117 Å². The topological polar surface area (TPSA) is 33.1 Å². The molecule has 0 amide bonds. The first-order valence-corrected chi connectivity index (χ1v) is 7.50. The van der Waals surface area contributed by atoms with E-state index < -0.39 is 0 Å². The molecular weight excluding hydrogens is 236 g/mol. The summed E-state index contributed by atoms with van der Waals surface area (Å²) in [7, 11) is 4.28. The minimum absolute atomic E-state index is 0.671. The first-order valence-electron chi connectivity index (χ1n) is 7.50. The lowest BCUT2D eigenvalue weighted by molar-refractivity contribution is 0.381. The number of fused-ring (bicyclic) bond motifs is 1. The van der Waals surface area contributed by atoms with Gasteiger partial charge in [-0.3, -0.25) is 0 Å². The van der Waals surface area contributed by atoms with Crippen LogP contribution in [0.1, 0.15) is 37.5 Å². The zero-order chi connectivity index (χ0) is 13.8. The van der Waals surface area contributed by atoms with E-state index in [9.17, 15) is 0 Å². The Balaban J connectivity index is 2.14. The summed E-state index contributed by atoms with van der Waals surface area (Å²) in [6.07, 6.45) is 3.42. The van der Waals surface area contributed by atoms with E-state index in [1.54, 1.807) is 0 Å². The minimum Gasteiger partial charge on any atom is -0.332 e. The largest absolute Gasteiger partial charge is 0.332 e. The van der Waals surface area contributed by atoms with Crippen molar-refractivity contribution in [2.24, 2.45) is 5.92 Å². The zero-order valence-electron chi connectivity index (χ0n) is 12.9. The van der Waals surface area contributed by atoms with Gasteiger partial charge in [0.05, 0.1) is 5.69 Å². The highest BCUT2D eigenvalue weighted by Crippen LogP contribution is 2.19. The van der Waals surface area contributed by atoms with E-state index in [1.165, 1.54) is 23.6 Å². The second kappa shape index (κ2) is 6.53. The molecule has 19 heavy (non-hydrogen) atoms. The summed E-state index contributed by atoms with van der Waals surface area (Å²) in [6, 6.07) is 0. The fraction of sp³-hybridized carbons (Fsp3) is 0.800. The highest BCUT2D eigenvalue weighted by molar-refractivity contribution is 5.20. The van der Waals surface area contributed by atoms with Gasteiger partial charge in [0.2, 0.25) is 0 Å². The van der Waals surface area contributed by atoms with Gasteiger partial charge in [-0.15, -0.1) is 0 Å². The molecule has 1 aliphatic heterocycles. The molecule has 1 aromatic heterocycles. The molecule has 2 rings (SSSR count). The first kappa shape index (κ1) is 14.5. The maximum absolute atomic E-state index is 4.88. The van der Waals surface area contributed by atoms with Gasteiger partial charge in [0.15, 0.2) is 0 Å². The molecule has 1 N–H and O–H groups in total. The van der Waals surface area contributed by atoms with Gasteiger partial charge in [-0.05, 0) is 33.0 Å². The van der Waals surface area contributed by atoms with Gasteiger partial charge in [-0.25, -0.2) is 4.98 Å². The van der Waals surface area contributed by atoms with Crippen LogP contribution in [-0.4, -0.2) is 41.6 Å². The van der Waals surface area contributed by atoms with Crippen LogP contribution in [0, 0.1) is 5.92 Å². The van der Waals surface area contributed by atoms with Crippen molar-refractivity contribution in [3.05, 3.63) is 17.2 Å². The molecule has 108 valence electrons. The molecule has 4 heteroatoms. The Hall–Kier alpha value is -0.870. The van der Waals surface area contributed by atoms with Crippen LogP contribution in [0.3, 0.4) is 0 Å². The molecule has 1 aliphatic rings. The summed E-state index contributed by atoms with van der Waals surface area (Å²) in [5.41, 5.74) is 2.76. The van der Waals surface area contributed by atoms with E-state index in [0.29, 0.717) is 5.92 Å². The predicted molar refractivity (Wildman–Crippen MR) is 79.4 cm³/mol. The van der Waals surface area contributed by atoms with E-state index in [-0.39, 0.29) is 0 Å². The van der Waals surface area contributed by atoms with Crippen molar-refractivity contribution in [2.75, 3.05) is 27.2 Å². The monoisotopic (exact) mass is 264 g/mol. The Bertz CT molecular complexity index is 407. The fourth-order valence-electron chi connectivity index (χ4n) is 2.76. The van der Waals surface area contributed by atoms with E-state index in [4.69, 9.17) is 4.98 Å². The van der Waals surface area contributed by atoms with Crippen LogP contribution in [0.4, 0.5) is 0 Å². The van der Waals surface area contributed by atoms with Gasteiger partial charge in [-0.1, -0.05) is 13.8 Å². The van der Waals surface area contributed by atoms with Gasteiger partial charge < -0.3 is 14.8 Å². The number of nitrogens with one attached hydrogen (secondary N) is 1. The van der Waals surface area contributed by atoms with Gasteiger partial charge in [0, 0.05) is 38.2 Å². The predicted octanol–water partition coefficient (Wildman–Crippen LogP) is 1.68. The zero-order valence-corrected chi connectivity index (χ0v) is 12.9. The SMILES string of the molecule is CC(C)Cc1nc2c(n1CCCN(C)C)CCNC2. The van der Waals surface area contributed by atoms with Crippen LogP contribution < -0.4 is 5.32 Å². The fourth-order valence-corrected chi connectivity index (χ4v) is 2.76. The third-order valence-corrected chi connectivity index (χ3v) is 3.64. The van der Waals surface area contributed by atoms with Crippen molar-refractivity contribution < 1.29 is 0 Å². The molecule has 0 atom stereocenters. The highest BCUT2D eigenvalue weighted by atomic mass is 15.1. The number of hydrogen-bond acceptors (Lipinski definition) is 3. The summed E-state index contributed by atoms with van der Waals surface area (Å²) in [4.78, 5) is 7.13. The van der Waals surface area contributed by atoms with Crippen LogP contribution in [-0.2, 0) is 25.9 Å². The summed E-state index contributed by atoms with van der Waals surface area (Å²) >= 11 is 0. The quantitative estimate of drug-likeness (QED) is 0.848. The van der Waals surface area contributed by atoms with Gasteiger partial charge in [0.1, 0.15) is 5.82 Å². The summed E-state index contributed by atoms with van der Waals surface area (Å²) in [6.45, 7) is 8.84. The Morgan fingerprint density at radius 1 is 1.37 bits per heavy atom. The molecule has 0 aromatic carbocycles. The average Bonchev–Trinajstić information content (AvgIpc) is 2.66. The summed E-state index contributed by atoms with van der Waals surface area (Å²) in [5, 5.41) is 3.43. The Morgan fingerprint density at radius 3 is 2.84 bits per heavy atom. The van der Waals surface area contributed by atoms with E-state index in [1.807, 2.05) is 0 Å². The van der Waals surface area contributed by atoms with Gasteiger partial charge in [0.25, 0.3) is 0 Å². The van der Waals surface area contributed by atoms with Crippen molar-refractivity contribution in [3.63, 3.8) is 0 Å². The van der Waals surface area contributed by atoms with Crippen LogP contribution >= 0.6 is 0 Å². The molecule has 2 heterocycles. The Morgan fingerprint density at radius 2 is 2.16 bits per heavy atom. The number of aromatic nitrogens is 2.